The molecule has 0 unspecified atom stereocenters. The van der Waals surface area contributed by atoms with Crippen LogP contribution in [0.2, 0.25) is 0 Å². The Hall–Kier alpha value is -2.12. The molecule has 7 heteroatoms. The monoisotopic (exact) mass is 373 g/mol. The number of nitrogens with zero attached hydrogens (tertiary/aromatic N) is 1. The Kier molecular flexibility index (Phi) is 5.31. The first kappa shape index (κ1) is 18.3. The van der Waals surface area contributed by atoms with Crippen molar-refractivity contribution in [2.75, 3.05) is 39.4 Å². The number of morpholine rings is 1. The maximum atomic E-state index is 12.3. The van der Waals surface area contributed by atoms with Crippen molar-refractivity contribution in [3.05, 3.63) is 29.8 Å². The van der Waals surface area contributed by atoms with Gasteiger partial charge in [-0.3, -0.25) is 14.5 Å². The number of fused-ring (bicyclic) bond motifs is 1. The molecule has 1 saturated heterocycles. The van der Waals surface area contributed by atoms with E-state index in [4.69, 9.17) is 9.47 Å². The second-order valence-electron chi connectivity index (χ2n) is 7.69. The van der Waals surface area contributed by atoms with Crippen LogP contribution in [0.1, 0.15) is 36.0 Å². The molecule has 2 amide bonds. The topological polar surface area (TPSA) is 79.9 Å². The van der Waals surface area contributed by atoms with E-state index in [0.29, 0.717) is 37.6 Å². The minimum atomic E-state index is -0.381. The fourth-order valence-electron chi connectivity index (χ4n) is 4.15. The van der Waals surface area contributed by atoms with Crippen LogP contribution < -0.4 is 15.4 Å². The van der Waals surface area contributed by atoms with Gasteiger partial charge in [-0.25, -0.2) is 0 Å². The molecule has 7 nitrogen and oxygen atoms in total. The Balaban J connectivity index is 1.32. The van der Waals surface area contributed by atoms with Gasteiger partial charge in [-0.15, -0.1) is 0 Å². The first-order chi connectivity index (χ1) is 13.1. The lowest BCUT2D eigenvalue weighted by Crippen LogP contribution is -2.52. The molecule has 27 heavy (non-hydrogen) atoms. The Morgan fingerprint density at radius 2 is 1.96 bits per heavy atom. The lowest BCUT2D eigenvalue weighted by Gasteiger charge is -2.39. The first-order valence-electron chi connectivity index (χ1n) is 9.79. The van der Waals surface area contributed by atoms with E-state index in [-0.39, 0.29) is 23.5 Å². The predicted octanol–water partition coefficient (Wildman–Crippen LogP) is 0.939. The van der Waals surface area contributed by atoms with Crippen LogP contribution in [-0.4, -0.2) is 67.7 Å². The van der Waals surface area contributed by atoms with Crippen molar-refractivity contribution >= 4 is 11.8 Å². The van der Waals surface area contributed by atoms with Gasteiger partial charge in [0.1, 0.15) is 11.4 Å². The zero-order valence-corrected chi connectivity index (χ0v) is 15.5. The predicted molar refractivity (Wildman–Crippen MR) is 99.8 cm³/mol. The minimum Gasteiger partial charge on any atom is -0.485 e. The smallest absolute Gasteiger partial charge is 0.255 e. The third-order valence-electron chi connectivity index (χ3n) is 5.76. The molecule has 1 aliphatic carbocycles. The third-order valence-corrected chi connectivity index (χ3v) is 5.76. The Bertz CT molecular complexity index is 694. The van der Waals surface area contributed by atoms with Crippen molar-refractivity contribution in [2.45, 2.75) is 37.3 Å². The normalized spacial score (nSPS) is 28.6. The summed E-state index contributed by atoms with van der Waals surface area (Å²) < 4.78 is 11.6. The fourth-order valence-corrected chi connectivity index (χ4v) is 4.15. The van der Waals surface area contributed by atoms with Crippen molar-refractivity contribution in [1.29, 1.82) is 0 Å². The SMILES string of the molecule is O=C(CN1CCOCC1)NC1CCC2(CC1)CNC(=O)c1ccccc1O2. The van der Waals surface area contributed by atoms with Crippen LogP contribution in [-0.2, 0) is 9.53 Å². The number of amides is 2. The summed E-state index contributed by atoms with van der Waals surface area (Å²) in [7, 11) is 0. The molecule has 1 aromatic rings. The van der Waals surface area contributed by atoms with Crippen LogP contribution in [0.3, 0.4) is 0 Å². The highest BCUT2D eigenvalue weighted by Crippen LogP contribution is 2.36. The van der Waals surface area contributed by atoms with E-state index in [1.807, 2.05) is 18.2 Å². The van der Waals surface area contributed by atoms with Crippen molar-refractivity contribution < 1.29 is 19.1 Å². The lowest BCUT2D eigenvalue weighted by atomic mass is 9.81. The Morgan fingerprint density at radius 3 is 2.74 bits per heavy atom. The van der Waals surface area contributed by atoms with Gasteiger partial charge in [-0.05, 0) is 37.8 Å². The largest absolute Gasteiger partial charge is 0.485 e. The number of nitrogens with one attached hydrogen (secondary N) is 2. The van der Waals surface area contributed by atoms with Crippen LogP contribution in [0.4, 0.5) is 0 Å². The summed E-state index contributed by atoms with van der Waals surface area (Å²) in [6, 6.07) is 7.56. The van der Waals surface area contributed by atoms with E-state index in [2.05, 4.69) is 15.5 Å². The standard InChI is InChI=1S/C20H27N3O4/c24-18(13-23-9-11-26-12-10-23)22-15-5-7-20(8-6-15)14-21-19(25)16-3-1-2-4-17(16)27-20/h1-4,15H,5-14H2,(H,21,25)(H,22,24). The molecule has 0 atom stereocenters. The number of hydrogen-bond donors (Lipinski definition) is 2. The van der Waals surface area contributed by atoms with Crippen molar-refractivity contribution in [3.63, 3.8) is 0 Å². The van der Waals surface area contributed by atoms with Gasteiger partial charge in [0, 0.05) is 19.1 Å². The number of benzene rings is 1. The maximum Gasteiger partial charge on any atom is 0.255 e. The molecule has 4 rings (SSSR count). The van der Waals surface area contributed by atoms with Crippen molar-refractivity contribution in [2.24, 2.45) is 0 Å². The second-order valence-corrected chi connectivity index (χ2v) is 7.69. The van der Waals surface area contributed by atoms with Gasteiger partial charge in [0.15, 0.2) is 0 Å². The maximum absolute atomic E-state index is 12.3. The zero-order chi connectivity index (χ0) is 18.7. The van der Waals surface area contributed by atoms with E-state index in [9.17, 15) is 9.59 Å². The van der Waals surface area contributed by atoms with Gasteiger partial charge in [0.05, 0.1) is 31.9 Å². The number of ether oxygens (including phenoxy) is 2. The van der Waals surface area contributed by atoms with Crippen LogP contribution >= 0.6 is 0 Å². The first-order valence-corrected chi connectivity index (χ1v) is 9.79. The quantitative estimate of drug-likeness (QED) is 0.824. The number of carbonyl (C=O) groups is 2. The van der Waals surface area contributed by atoms with Gasteiger partial charge in [0.2, 0.25) is 5.91 Å². The molecular weight excluding hydrogens is 346 g/mol. The van der Waals surface area contributed by atoms with Gasteiger partial charge in [-0.2, -0.15) is 0 Å². The summed E-state index contributed by atoms with van der Waals surface area (Å²) in [6.45, 7) is 3.97. The molecule has 2 aliphatic heterocycles. The Labute approximate surface area is 159 Å². The highest BCUT2D eigenvalue weighted by atomic mass is 16.5. The molecule has 0 bridgehead atoms. The average molecular weight is 373 g/mol. The molecule has 146 valence electrons. The molecule has 1 aromatic carbocycles. The molecule has 0 radical (unpaired) electrons. The van der Waals surface area contributed by atoms with E-state index < -0.39 is 0 Å². The molecule has 1 spiro atoms. The summed E-state index contributed by atoms with van der Waals surface area (Å²) in [6.07, 6.45) is 3.33. The molecule has 3 aliphatic rings. The van der Waals surface area contributed by atoms with Crippen LogP contribution in [0.25, 0.3) is 0 Å². The summed E-state index contributed by atoms with van der Waals surface area (Å²) in [5.74, 6) is 0.656. The molecule has 2 fully saturated rings. The highest BCUT2D eigenvalue weighted by Gasteiger charge is 2.40. The van der Waals surface area contributed by atoms with Crippen LogP contribution in [0, 0.1) is 0 Å². The van der Waals surface area contributed by atoms with Crippen molar-refractivity contribution in [3.8, 4) is 5.75 Å². The van der Waals surface area contributed by atoms with Crippen LogP contribution in [0.5, 0.6) is 5.75 Å². The molecule has 0 aromatic heterocycles. The van der Waals surface area contributed by atoms with Gasteiger partial charge in [0.25, 0.3) is 5.91 Å². The summed E-state index contributed by atoms with van der Waals surface area (Å²) >= 11 is 0. The number of carbonyl (C=O) groups excluding carboxylic acids is 2. The highest BCUT2D eigenvalue weighted by molar-refractivity contribution is 5.97. The van der Waals surface area contributed by atoms with E-state index in [1.165, 1.54) is 0 Å². The second kappa shape index (κ2) is 7.86. The van der Waals surface area contributed by atoms with Gasteiger partial charge < -0.3 is 20.1 Å². The zero-order valence-electron chi connectivity index (χ0n) is 15.5. The summed E-state index contributed by atoms with van der Waals surface area (Å²) in [5.41, 5.74) is 0.212. The van der Waals surface area contributed by atoms with E-state index in [0.717, 1.165) is 38.8 Å². The fraction of sp³-hybridized carbons (Fsp3) is 0.600. The van der Waals surface area contributed by atoms with Gasteiger partial charge in [-0.1, -0.05) is 12.1 Å². The molecule has 2 heterocycles. The molecule has 1 saturated carbocycles. The third kappa shape index (κ3) is 4.25. The molecule has 2 N–H and O–H groups in total. The number of para-hydroxylation sites is 1. The average Bonchev–Trinajstić information content (AvgIpc) is 2.82. The van der Waals surface area contributed by atoms with Gasteiger partial charge >= 0.3 is 0 Å². The van der Waals surface area contributed by atoms with E-state index >= 15 is 0 Å². The molecular formula is C20H27N3O4. The van der Waals surface area contributed by atoms with Crippen LogP contribution in [0.15, 0.2) is 24.3 Å². The summed E-state index contributed by atoms with van der Waals surface area (Å²) in [4.78, 5) is 26.7. The minimum absolute atomic E-state index is 0.0802. The van der Waals surface area contributed by atoms with Crippen molar-refractivity contribution in [1.82, 2.24) is 15.5 Å². The number of rotatable bonds is 3. The number of hydrogen-bond acceptors (Lipinski definition) is 5. The van der Waals surface area contributed by atoms with E-state index in [1.54, 1.807) is 6.07 Å². The lowest BCUT2D eigenvalue weighted by molar-refractivity contribution is -0.124. The summed E-state index contributed by atoms with van der Waals surface area (Å²) in [5, 5.41) is 6.17. The Morgan fingerprint density at radius 1 is 1.22 bits per heavy atom.